The number of anilines is 1. The van der Waals surface area contributed by atoms with Gasteiger partial charge in [0.05, 0.1) is 12.3 Å². The Hall–Kier alpha value is -1.47. The Bertz CT molecular complexity index is 481. The Morgan fingerprint density at radius 1 is 1.44 bits per heavy atom. The van der Waals surface area contributed by atoms with Crippen LogP contribution in [0.3, 0.4) is 0 Å². The van der Waals surface area contributed by atoms with Crippen LogP contribution in [0.25, 0.3) is 0 Å². The second-order valence-electron chi connectivity index (χ2n) is 3.96. The average molecular weight is 267 g/mol. The Morgan fingerprint density at radius 2 is 2.33 bits per heavy atom. The number of aryl methyl sites for hydroxylation is 2. The molecule has 2 heterocycles. The van der Waals surface area contributed by atoms with Crippen LogP contribution in [0.4, 0.5) is 5.13 Å². The lowest BCUT2D eigenvalue weighted by Gasteiger charge is -2.04. The van der Waals surface area contributed by atoms with Gasteiger partial charge in [0.2, 0.25) is 0 Å². The van der Waals surface area contributed by atoms with Crippen molar-refractivity contribution in [2.45, 2.75) is 25.8 Å². The van der Waals surface area contributed by atoms with Crippen molar-refractivity contribution in [3.8, 4) is 0 Å². The van der Waals surface area contributed by atoms with Crippen LogP contribution in [0.5, 0.6) is 0 Å². The lowest BCUT2D eigenvalue weighted by atomic mass is 10.2. The maximum absolute atomic E-state index is 5.59. The van der Waals surface area contributed by atoms with Gasteiger partial charge >= 0.3 is 0 Å². The molecule has 0 atom stereocenters. The van der Waals surface area contributed by atoms with Crippen LogP contribution >= 0.6 is 11.3 Å². The zero-order valence-electron chi connectivity index (χ0n) is 10.4. The molecule has 0 amide bonds. The van der Waals surface area contributed by atoms with Crippen LogP contribution in [0.2, 0.25) is 0 Å². The summed E-state index contributed by atoms with van der Waals surface area (Å²) in [6, 6.07) is 0. The Morgan fingerprint density at radius 3 is 3.06 bits per heavy atom. The summed E-state index contributed by atoms with van der Waals surface area (Å²) in [5.41, 5.74) is 6.65. The summed E-state index contributed by atoms with van der Waals surface area (Å²) in [6.07, 6.45) is 4.55. The quantitative estimate of drug-likeness (QED) is 0.813. The third-order valence-corrected chi connectivity index (χ3v) is 3.36. The number of aromatic nitrogens is 4. The summed E-state index contributed by atoms with van der Waals surface area (Å²) < 4.78 is 7.07. The number of ether oxygens (including phenoxy) is 1. The minimum Gasteiger partial charge on any atom is -0.383 e. The zero-order valence-corrected chi connectivity index (χ0v) is 11.2. The molecule has 2 rings (SSSR count). The van der Waals surface area contributed by atoms with Gasteiger partial charge in [-0.3, -0.25) is 0 Å². The van der Waals surface area contributed by atoms with Crippen LogP contribution in [0.15, 0.2) is 11.7 Å². The van der Waals surface area contributed by atoms with E-state index in [2.05, 4.69) is 15.2 Å². The molecule has 6 nitrogen and oxygen atoms in total. The molecule has 2 aromatic rings. The van der Waals surface area contributed by atoms with Gasteiger partial charge in [-0.05, 0) is 12.8 Å². The Balaban J connectivity index is 1.81. The van der Waals surface area contributed by atoms with E-state index in [0.717, 1.165) is 37.3 Å². The number of nitrogens with zero attached hydrogens (tertiary/aromatic N) is 4. The maximum Gasteiger partial charge on any atom is 0.180 e. The fraction of sp³-hybridized carbons (Fsp3) is 0.545. The summed E-state index contributed by atoms with van der Waals surface area (Å²) in [4.78, 5) is 4.24. The van der Waals surface area contributed by atoms with Crippen LogP contribution in [0.1, 0.15) is 17.9 Å². The predicted molar refractivity (Wildman–Crippen MR) is 70.4 cm³/mol. The number of nitrogens with two attached hydrogens (primary N) is 1. The second-order valence-corrected chi connectivity index (χ2v) is 4.85. The molecule has 0 bridgehead atoms. The van der Waals surface area contributed by atoms with E-state index in [4.69, 9.17) is 10.5 Å². The summed E-state index contributed by atoms with van der Waals surface area (Å²) in [5.74, 6) is 0.996. The normalized spacial score (nSPS) is 10.9. The van der Waals surface area contributed by atoms with Crippen LogP contribution < -0.4 is 5.73 Å². The average Bonchev–Trinajstić information content (AvgIpc) is 2.96. The molecule has 98 valence electrons. The second kappa shape index (κ2) is 6.46. The van der Waals surface area contributed by atoms with Crippen molar-refractivity contribution < 1.29 is 4.74 Å². The van der Waals surface area contributed by atoms with Crippen LogP contribution in [-0.4, -0.2) is 33.5 Å². The molecule has 0 saturated carbocycles. The van der Waals surface area contributed by atoms with Crippen LogP contribution in [-0.2, 0) is 24.1 Å². The molecule has 0 spiro atoms. The van der Waals surface area contributed by atoms with Crippen LogP contribution in [0, 0.1) is 0 Å². The van der Waals surface area contributed by atoms with Gasteiger partial charge < -0.3 is 15.0 Å². The summed E-state index contributed by atoms with van der Waals surface area (Å²) in [6.45, 7) is 1.47. The molecular formula is C11H17N5OS. The molecular weight excluding hydrogens is 250 g/mol. The molecule has 0 unspecified atom stereocenters. The Kier molecular flexibility index (Phi) is 4.66. The van der Waals surface area contributed by atoms with E-state index in [-0.39, 0.29) is 0 Å². The largest absolute Gasteiger partial charge is 0.383 e. The van der Waals surface area contributed by atoms with Gasteiger partial charge in [0, 0.05) is 25.5 Å². The predicted octanol–water partition coefficient (Wildman–Crippen LogP) is 1.14. The molecule has 0 aliphatic heterocycles. The first-order chi connectivity index (χ1) is 8.79. The minimum atomic E-state index is 0.633. The van der Waals surface area contributed by atoms with Gasteiger partial charge in [-0.15, -0.1) is 21.5 Å². The van der Waals surface area contributed by atoms with E-state index >= 15 is 0 Å². The van der Waals surface area contributed by atoms with Crippen molar-refractivity contribution >= 4 is 16.5 Å². The topological polar surface area (TPSA) is 78.8 Å². The smallest absolute Gasteiger partial charge is 0.180 e. The van der Waals surface area contributed by atoms with Gasteiger partial charge in [-0.1, -0.05) is 0 Å². The van der Waals surface area contributed by atoms with Crippen molar-refractivity contribution in [2.24, 2.45) is 0 Å². The number of methoxy groups -OCH3 is 1. The Labute approximate surface area is 110 Å². The molecule has 0 aliphatic rings. The first-order valence-corrected chi connectivity index (χ1v) is 6.73. The third-order valence-electron chi connectivity index (χ3n) is 2.63. The van der Waals surface area contributed by atoms with E-state index in [0.29, 0.717) is 11.7 Å². The van der Waals surface area contributed by atoms with E-state index in [1.165, 1.54) is 11.3 Å². The van der Waals surface area contributed by atoms with Gasteiger partial charge in [-0.25, -0.2) is 4.98 Å². The summed E-state index contributed by atoms with van der Waals surface area (Å²) >= 11 is 1.48. The molecule has 2 aromatic heterocycles. The molecule has 7 heteroatoms. The highest BCUT2D eigenvalue weighted by atomic mass is 32.1. The fourth-order valence-corrected chi connectivity index (χ4v) is 2.31. The summed E-state index contributed by atoms with van der Waals surface area (Å²) in [7, 11) is 1.69. The lowest BCUT2D eigenvalue weighted by molar-refractivity contribution is 0.186. The molecule has 18 heavy (non-hydrogen) atoms. The van der Waals surface area contributed by atoms with Gasteiger partial charge in [0.1, 0.15) is 12.2 Å². The monoisotopic (exact) mass is 267 g/mol. The highest BCUT2D eigenvalue weighted by Gasteiger charge is 2.05. The third kappa shape index (κ3) is 3.51. The number of thiazole rings is 1. The van der Waals surface area contributed by atoms with E-state index < -0.39 is 0 Å². The first-order valence-electron chi connectivity index (χ1n) is 5.85. The zero-order chi connectivity index (χ0) is 12.8. The minimum absolute atomic E-state index is 0.633. The highest BCUT2D eigenvalue weighted by Crippen LogP contribution is 2.13. The standard InChI is InChI=1S/C11H17N5OS/c1-17-6-5-16-8-13-15-10(16)4-2-3-9-7-18-11(12)14-9/h7-8H,2-6H2,1H3,(H2,12,14). The van der Waals surface area contributed by atoms with E-state index in [1.807, 2.05) is 9.95 Å². The lowest BCUT2D eigenvalue weighted by Crippen LogP contribution is -2.08. The molecule has 0 aliphatic carbocycles. The van der Waals surface area contributed by atoms with Gasteiger partial charge in [-0.2, -0.15) is 0 Å². The number of nitrogen functional groups attached to an aromatic ring is 1. The molecule has 0 aromatic carbocycles. The number of rotatable bonds is 7. The SMILES string of the molecule is COCCn1cnnc1CCCc1csc(N)n1. The van der Waals surface area contributed by atoms with Gasteiger partial charge in [0.15, 0.2) is 5.13 Å². The molecule has 2 N–H and O–H groups in total. The number of hydrogen-bond donors (Lipinski definition) is 1. The van der Waals surface area contributed by atoms with Crippen molar-refractivity contribution in [1.82, 2.24) is 19.7 Å². The van der Waals surface area contributed by atoms with Crippen molar-refractivity contribution in [1.29, 1.82) is 0 Å². The maximum atomic E-state index is 5.59. The molecule has 0 saturated heterocycles. The van der Waals surface area contributed by atoms with Crippen molar-refractivity contribution in [3.63, 3.8) is 0 Å². The summed E-state index contributed by atoms with van der Waals surface area (Å²) in [5, 5.41) is 10.7. The highest BCUT2D eigenvalue weighted by molar-refractivity contribution is 7.13. The first kappa shape index (κ1) is 13.0. The fourth-order valence-electron chi connectivity index (χ4n) is 1.71. The van der Waals surface area contributed by atoms with E-state index in [1.54, 1.807) is 13.4 Å². The van der Waals surface area contributed by atoms with E-state index in [9.17, 15) is 0 Å². The number of hydrogen-bond acceptors (Lipinski definition) is 6. The van der Waals surface area contributed by atoms with Crippen molar-refractivity contribution in [3.05, 3.63) is 23.2 Å². The molecule has 0 radical (unpaired) electrons. The van der Waals surface area contributed by atoms with Gasteiger partial charge in [0.25, 0.3) is 0 Å². The molecule has 0 fully saturated rings. The van der Waals surface area contributed by atoms with Crippen molar-refractivity contribution in [2.75, 3.05) is 19.5 Å².